The van der Waals surface area contributed by atoms with Gasteiger partial charge in [-0.15, -0.1) is 0 Å². The van der Waals surface area contributed by atoms with E-state index in [-0.39, 0.29) is 0 Å². The third-order valence-electron chi connectivity index (χ3n) is 1.98. The van der Waals surface area contributed by atoms with Crippen LogP contribution in [0.5, 0.6) is 0 Å². The van der Waals surface area contributed by atoms with Gasteiger partial charge in [-0.25, -0.2) is 0 Å². The van der Waals surface area contributed by atoms with Crippen LogP contribution in [-0.4, -0.2) is 11.1 Å². The van der Waals surface area contributed by atoms with Crippen LogP contribution in [0.2, 0.25) is 0 Å². The molecule has 0 aliphatic carbocycles. The van der Waals surface area contributed by atoms with E-state index in [2.05, 4.69) is 19.9 Å². The van der Waals surface area contributed by atoms with Gasteiger partial charge >= 0.3 is 5.97 Å². The fourth-order valence-electron chi connectivity index (χ4n) is 0.834. The molecule has 0 aliphatic rings. The molecule has 1 N–H and O–H groups in total. The average Bonchev–Trinajstić information content (AvgIpc) is 1.97. The Morgan fingerprint density at radius 1 is 1.38 bits per heavy atom. The fourth-order valence-corrected chi connectivity index (χ4v) is 0.834. The number of aliphatic carboxylic acids is 1. The number of rotatable bonds is 5. The Kier molecular flexibility index (Phi) is 4.74. The average molecular weight is 184 g/mol. The third kappa shape index (κ3) is 5.45. The normalized spacial score (nSPS) is 12.7. The standard InChI is InChI=1S/C11H20O2/c1-9(2)7-5-6-8-11(3,4)10(12)13/h5-6,9H,7-8H2,1-4H3,(H,12,13)/b6-5+. The molecule has 0 aromatic heterocycles. The van der Waals surface area contributed by atoms with Gasteiger partial charge in [0.2, 0.25) is 0 Å². The topological polar surface area (TPSA) is 37.3 Å². The number of allylic oxidation sites excluding steroid dienone is 2. The largest absolute Gasteiger partial charge is 0.481 e. The van der Waals surface area contributed by atoms with E-state index < -0.39 is 11.4 Å². The van der Waals surface area contributed by atoms with Crippen LogP contribution < -0.4 is 0 Å². The zero-order valence-electron chi connectivity index (χ0n) is 9.00. The molecule has 0 radical (unpaired) electrons. The number of carbonyl (C=O) groups is 1. The van der Waals surface area contributed by atoms with Crippen LogP contribution in [0, 0.1) is 11.3 Å². The Hall–Kier alpha value is -0.790. The highest BCUT2D eigenvalue weighted by Crippen LogP contribution is 2.21. The maximum atomic E-state index is 10.7. The minimum Gasteiger partial charge on any atom is -0.481 e. The smallest absolute Gasteiger partial charge is 0.309 e. The summed E-state index contributed by atoms with van der Waals surface area (Å²) in [7, 11) is 0. The predicted octanol–water partition coefficient (Wildman–Crippen LogP) is 3.09. The van der Waals surface area contributed by atoms with Crippen LogP contribution in [0.1, 0.15) is 40.5 Å². The van der Waals surface area contributed by atoms with Crippen LogP contribution in [0.4, 0.5) is 0 Å². The molecular formula is C11H20O2. The monoisotopic (exact) mass is 184 g/mol. The molecule has 0 aliphatic heterocycles. The van der Waals surface area contributed by atoms with Crippen LogP contribution in [0.3, 0.4) is 0 Å². The fraction of sp³-hybridized carbons (Fsp3) is 0.727. The minimum absolute atomic E-state index is 0.606. The summed E-state index contributed by atoms with van der Waals surface area (Å²) in [5, 5.41) is 8.82. The summed E-state index contributed by atoms with van der Waals surface area (Å²) in [5.41, 5.74) is -0.631. The molecule has 0 aromatic carbocycles. The molecule has 0 atom stereocenters. The summed E-state index contributed by atoms with van der Waals surface area (Å²) in [6, 6.07) is 0. The van der Waals surface area contributed by atoms with Gasteiger partial charge in [0.25, 0.3) is 0 Å². The second-order valence-corrected chi connectivity index (χ2v) is 4.49. The molecule has 76 valence electrons. The van der Waals surface area contributed by atoms with Crippen molar-refractivity contribution in [3.05, 3.63) is 12.2 Å². The molecule has 0 rings (SSSR count). The Labute approximate surface area is 80.7 Å². The Morgan fingerprint density at radius 2 is 1.92 bits per heavy atom. The van der Waals surface area contributed by atoms with Gasteiger partial charge in [0.15, 0.2) is 0 Å². The second kappa shape index (κ2) is 5.05. The molecule has 2 heteroatoms. The van der Waals surface area contributed by atoms with Gasteiger partial charge in [0.05, 0.1) is 5.41 Å². The van der Waals surface area contributed by atoms with Crippen molar-refractivity contribution >= 4 is 5.97 Å². The zero-order chi connectivity index (χ0) is 10.5. The van der Waals surface area contributed by atoms with Gasteiger partial charge in [0.1, 0.15) is 0 Å². The Bertz CT molecular complexity index is 190. The van der Waals surface area contributed by atoms with E-state index in [0.717, 1.165) is 6.42 Å². The first-order valence-corrected chi connectivity index (χ1v) is 4.74. The maximum Gasteiger partial charge on any atom is 0.309 e. The van der Waals surface area contributed by atoms with Gasteiger partial charge in [0, 0.05) is 0 Å². The second-order valence-electron chi connectivity index (χ2n) is 4.49. The van der Waals surface area contributed by atoms with Crippen molar-refractivity contribution in [2.24, 2.45) is 11.3 Å². The van der Waals surface area contributed by atoms with Gasteiger partial charge < -0.3 is 5.11 Å². The SMILES string of the molecule is CC(C)C/C=C/CC(C)(C)C(=O)O. The lowest BCUT2D eigenvalue weighted by atomic mass is 9.89. The molecule has 0 bridgehead atoms. The molecule has 0 saturated carbocycles. The van der Waals surface area contributed by atoms with Crippen LogP contribution in [0.15, 0.2) is 12.2 Å². The molecular weight excluding hydrogens is 164 g/mol. The van der Waals surface area contributed by atoms with Gasteiger partial charge in [-0.1, -0.05) is 26.0 Å². The van der Waals surface area contributed by atoms with Crippen molar-refractivity contribution < 1.29 is 9.90 Å². The number of hydrogen-bond acceptors (Lipinski definition) is 1. The van der Waals surface area contributed by atoms with Gasteiger partial charge in [-0.3, -0.25) is 4.79 Å². The Balaban J connectivity index is 3.87. The first-order valence-electron chi connectivity index (χ1n) is 4.74. The van der Waals surface area contributed by atoms with E-state index in [0.29, 0.717) is 12.3 Å². The summed E-state index contributed by atoms with van der Waals surface area (Å²) < 4.78 is 0. The van der Waals surface area contributed by atoms with E-state index in [1.807, 2.05) is 6.08 Å². The van der Waals surface area contributed by atoms with Crippen molar-refractivity contribution in [2.45, 2.75) is 40.5 Å². The maximum absolute atomic E-state index is 10.7. The number of carboxylic acid groups (broad SMARTS) is 1. The molecule has 13 heavy (non-hydrogen) atoms. The molecule has 2 nitrogen and oxygen atoms in total. The van der Waals surface area contributed by atoms with Crippen molar-refractivity contribution in [3.8, 4) is 0 Å². The molecule has 0 saturated heterocycles. The highest BCUT2D eigenvalue weighted by atomic mass is 16.4. The quantitative estimate of drug-likeness (QED) is 0.667. The summed E-state index contributed by atoms with van der Waals surface area (Å²) in [6.07, 6.45) is 5.66. The van der Waals surface area contributed by atoms with E-state index in [4.69, 9.17) is 5.11 Å². The molecule has 0 heterocycles. The summed E-state index contributed by atoms with van der Waals surface area (Å²) in [5.74, 6) is -0.0918. The number of carboxylic acids is 1. The zero-order valence-corrected chi connectivity index (χ0v) is 9.00. The lowest BCUT2D eigenvalue weighted by Gasteiger charge is -2.15. The van der Waals surface area contributed by atoms with Gasteiger partial charge in [-0.2, -0.15) is 0 Å². The predicted molar refractivity (Wildman–Crippen MR) is 54.6 cm³/mol. The van der Waals surface area contributed by atoms with Crippen molar-refractivity contribution in [3.63, 3.8) is 0 Å². The highest BCUT2D eigenvalue weighted by Gasteiger charge is 2.24. The molecule has 0 amide bonds. The third-order valence-corrected chi connectivity index (χ3v) is 1.98. The van der Waals surface area contributed by atoms with E-state index >= 15 is 0 Å². The van der Waals surface area contributed by atoms with E-state index in [1.165, 1.54) is 0 Å². The van der Waals surface area contributed by atoms with E-state index in [9.17, 15) is 4.79 Å². The molecule has 0 spiro atoms. The van der Waals surface area contributed by atoms with Crippen molar-refractivity contribution in [1.29, 1.82) is 0 Å². The lowest BCUT2D eigenvalue weighted by molar-refractivity contribution is -0.146. The highest BCUT2D eigenvalue weighted by molar-refractivity contribution is 5.73. The molecule has 0 aromatic rings. The minimum atomic E-state index is -0.735. The molecule has 0 unspecified atom stereocenters. The number of hydrogen-bond donors (Lipinski definition) is 1. The van der Waals surface area contributed by atoms with Crippen molar-refractivity contribution in [1.82, 2.24) is 0 Å². The first kappa shape index (κ1) is 12.2. The van der Waals surface area contributed by atoms with Crippen LogP contribution in [-0.2, 0) is 4.79 Å². The Morgan fingerprint density at radius 3 is 2.31 bits per heavy atom. The van der Waals surface area contributed by atoms with Crippen LogP contribution >= 0.6 is 0 Å². The summed E-state index contributed by atoms with van der Waals surface area (Å²) in [6.45, 7) is 7.78. The van der Waals surface area contributed by atoms with E-state index in [1.54, 1.807) is 13.8 Å². The van der Waals surface area contributed by atoms with Crippen LogP contribution in [0.25, 0.3) is 0 Å². The summed E-state index contributed by atoms with van der Waals surface area (Å²) >= 11 is 0. The van der Waals surface area contributed by atoms with Crippen molar-refractivity contribution in [2.75, 3.05) is 0 Å². The molecule has 0 fully saturated rings. The lowest BCUT2D eigenvalue weighted by Crippen LogP contribution is -2.22. The summed E-state index contributed by atoms with van der Waals surface area (Å²) in [4.78, 5) is 10.7. The first-order chi connectivity index (χ1) is 5.86. The van der Waals surface area contributed by atoms with Gasteiger partial charge in [-0.05, 0) is 32.6 Å².